The maximum Gasteiger partial charge on any atom is 0.232 e. The highest BCUT2D eigenvalue weighted by Gasteiger charge is 2.49. The van der Waals surface area contributed by atoms with Gasteiger partial charge in [-0.1, -0.05) is 18.9 Å². The van der Waals surface area contributed by atoms with E-state index in [1.165, 1.54) is 6.42 Å². The molecule has 2 fully saturated rings. The number of benzene rings is 1. The fraction of sp³-hybridized carbons (Fsp3) is 0.381. The Morgan fingerprint density at radius 3 is 3.00 bits per heavy atom. The second-order valence-electron chi connectivity index (χ2n) is 7.72. The second kappa shape index (κ2) is 7.53. The van der Waals surface area contributed by atoms with Crippen LogP contribution in [0.1, 0.15) is 25.7 Å². The Morgan fingerprint density at radius 2 is 2.14 bits per heavy atom. The van der Waals surface area contributed by atoms with Gasteiger partial charge in [0.05, 0.1) is 16.4 Å². The van der Waals surface area contributed by atoms with Gasteiger partial charge in [0.25, 0.3) is 0 Å². The number of aromatic nitrogens is 3. The summed E-state index contributed by atoms with van der Waals surface area (Å²) in [7, 11) is 0. The average molecular weight is 398 g/mol. The Labute approximate surface area is 170 Å². The highest BCUT2D eigenvalue weighted by atomic mass is 35.5. The number of carbonyl (C=O) groups excluding carboxylic acids is 1. The van der Waals surface area contributed by atoms with Gasteiger partial charge >= 0.3 is 0 Å². The van der Waals surface area contributed by atoms with Crippen LogP contribution in [0.25, 0.3) is 22.6 Å². The van der Waals surface area contributed by atoms with Crippen LogP contribution >= 0.6 is 12.4 Å². The zero-order valence-electron chi connectivity index (χ0n) is 15.6. The van der Waals surface area contributed by atoms with E-state index in [1.807, 2.05) is 36.4 Å². The predicted octanol–water partition coefficient (Wildman–Crippen LogP) is 3.77. The number of nitrogens with one attached hydrogen (secondary N) is 3. The number of hydrogen-bond donors (Lipinski definition) is 3. The first kappa shape index (κ1) is 18.9. The summed E-state index contributed by atoms with van der Waals surface area (Å²) in [5.74, 6) is 1.35. The number of nitrogens with zero attached hydrogens (tertiary/aromatic N) is 2. The largest absolute Gasteiger partial charge is 0.337 e. The molecular formula is C21H24ClN5O. The fourth-order valence-corrected chi connectivity index (χ4v) is 4.66. The van der Waals surface area contributed by atoms with Crippen LogP contribution in [0.3, 0.4) is 0 Å². The molecule has 0 unspecified atom stereocenters. The third kappa shape index (κ3) is 3.16. The molecule has 2 atom stereocenters. The number of fused-ring (bicyclic) bond motifs is 2. The molecule has 1 aliphatic carbocycles. The maximum atomic E-state index is 13.1. The molecule has 1 saturated carbocycles. The van der Waals surface area contributed by atoms with Crippen molar-refractivity contribution in [1.29, 1.82) is 0 Å². The smallest absolute Gasteiger partial charge is 0.232 e. The van der Waals surface area contributed by atoms with Crippen molar-refractivity contribution in [2.24, 2.45) is 11.3 Å². The molecule has 1 saturated heterocycles. The Balaban J connectivity index is 0.00000192. The lowest BCUT2D eigenvalue weighted by atomic mass is 9.67. The lowest BCUT2D eigenvalue weighted by Crippen LogP contribution is -2.44. The van der Waals surface area contributed by atoms with Crippen LogP contribution in [0.2, 0.25) is 0 Å². The SMILES string of the molecule is Cl.O=C(Nc1ccc2nc(-c3ccccn3)[nH]c2c1)[C@@]12CCCC[C@H]1CNC2. The highest BCUT2D eigenvalue weighted by molar-refractivity contribution is 5.97. The zero-order chi connectivity index (χ0) is 18.3. The predicted molar refractivity (Wildman–Crippen MR) is 112 cm³/mol. The van der Waals surface area contributed by atoms with Gasteiger partial charge in [-0.15, -0.1) is 12.4 Å². The van der Waals surface area contributed by atoms with Gasteiger partial charge in [0.1, 0.15) is 5.69 Å². The van der Waals surface area contributed by atoms with E-state index in [0.717, 1.165) is 60.6 Å². The Morgan fingerprint density at radius 1 is 1.21 bits per heavy atom. The third-order valence-electron chi connectivity index (χ3n) is 6.14. The monoisotopic (exact) mass is 397 g/mol. The molecule has 0 spiro atoms. The first-order valence-corrected chi connectivity index (χ1v) is 9.68. The molecule has 3 heterocycles. The first-order valence-electron chi connectivity index (χ1n) is 9.68. The van der Waals surface area contributed by atoms with Crippen molar-refractivity contribution in [2.45, 2.75) is 25.7 Å². The van der Waals surface area contributed by atoms with Crippen molar-refractivity contribution < 1.29 is 4.79 Å². The third-order valence-corrected chi connectivity index (χ3v) is 6.14. The van der Waals surface area contributed by atoms with E-state index in [-0.39, 0.29) is 23.7 Å². The lowest BCUT2D eigenvalue weighted by molar-refractivity contribution is -0.128. The first-order chi connectivity index (χ1) is 13.2. The van der Waals surface area contributed by atoms with Crippen molar-refractivity contribution in [2.75, 3.05) is 18.4 Å². The maximum absolute atomic E-state index is 13.1. The molecule has 3 N–H and O–H groups in total. The van der Waals surface area contributed by atoms with Gasteiger partial charge in [0.15, 0.2) is 5.82 Å². The summed E-state index contributed by atoms with van der Waals surface area (Å²) in [6, 6.07) is 11.6. The quantitative estimate of drug-likeness (QED) is 0.628. The highest BCUT2D eigenvalue weighted by Crippen LogP contribution is 2.44. The average Bonchev–Trinajstić information content (AvgIpc) is 3.33. The fourth-order valence-electron chi connectivity index (χ4n) is 4.66. The molecule has 0 radical (unpaired) electrons. The summed E-state index contributed by atoms with van der Waals surface area (Å²) >= 11 is 0. The summed E-state index contributed by atoms with van der Waals surface area (Å²) < 4.78 is 0. The van der Waals surface area contributed by atoms with Crippen LogP contribution in [0.5, 0.6) is 0 Å². The Kier molecular flexibility index (Phi) is 5.08. The van der Waals surface area contributed by atoms with Crippen molar-refractivity contribution in [3.63, 3.8) is 0 Å². The number of halogens is 1. The normalized spacial score (nSPS) is 23.8. The van der Waals surface area contributed by atoms with Crippen molar-refractivity contribution in [3.05, 3.63) is 42.6 Å². The number of rotatable bonds is 3. The number of imidazole rings is 1. The number of hydrogen-bond acceptors (Lipinski definition) is 4. The van der Waals surface area contributed by atoms with Crippen molar-refractivity contribution in [3.8, 4) is 11.5 Å². The van der Waals surface area contributed by atoms with Crippen LogP contribution < -0.4 is 10.6 Å². The minimum absolute atomic E-state index is 0. The summed E-state index contributed by atoms with van der Waals surface area (Å²) in [6.07, 6.45) is 6.25. The number of aromatic amines is 1. The number of H-pyrrole nitrogens is 1. The molecule has 1 aliphatic heterocycles. The molecule has 146 valence electrons. The molecule has 1 amide bonds. The summed E-state index contributed by atoms with van der Waals surface area (Å²) in [5, 5.41) is 6.61. The second-order valence-corrected chi connectivity index (χ2v) is 7.72. The number of carbonyl (C=O) groups is 1. The molecule has 0 bridgehead atoms. The molecular weight excluding hydrogens is 374 g/mol. The van der Waals surface area contributed by atoms with E-state index in [9.17, 15) is 4.79 Å². The van der Waals surface area contributed by atoms with E-state index in [2.05, 4.69) is 25.6 Å². The Bertz CT molecular complexity index is 989. The minimum atomic E-state index is -0.250. The van der Waals surface area contributed by atoms with Crippen LogP contribution in [0, 0.1) is 11.3 Å². The van der Waals surface area contributed by atoms with E-state index in [4.69, 9.17) is 0 Å². The topological polar surface area (TPSA) is 82.7 Å². The molecule has 1 aromatic carbocycles. The van der Waals surface area contributed by atoms with E-state index < -0.39 is 0 Å². The van der Waals surface area contributed by atoms with Crippen LogP contribution in [-0.4, -0.2) is 33.9 Å². The molecule has 3 aromatic rings. The van der Waals surface area contributed by atoms with Gasteiger partial charge in [-0.05, 0) is 55.6 Å². The van der Waals surface area contributed by atoms with Crippen molar-refractivity contribution >= 4 is 35.0 Å². The molecule has 28 heavy (non-hydrogen) atoms. The van der Waals surface area contributed by atoms with Gasteiger partial charge in [-0.3, -0.25) is 9.78 Å². The van der Waals surface area contributed by atoms with E-state index in [0.29, 0.717) is 5.92 Å². The van der Waals surface area contributed by atoms with E-state index in [1.54, 1.807) is 6.20 Å². The summed E-state index contributed by atoms with van der Waals surface area (Å²) in [6.45, 7) is 1.75. The van der Waals surface area contributed by atoms with Crippen LogP contribution in [0.15, 0.2) is 42.6 Å². The van der Waals surface area contributed by atoms with Gasteiger partial charge in [0.2, 0.25) is 5.91 Å². The molecule has 7 heteroatoms. The Hall–Kier alpha value is -2.44. The van der Waals surface area contributed by atoms with Gasteiger partial charge in [-0.25, -0.2) is 4.98 Å². The van der Waals surface area contributed by atoms with E-state index >= 15 is 0 Å². The zero-order valence-corrected chi connectivity index (χ0v) is 16.4. The standard InChI is InChI=1S/C21H23N5O.ClH/c27-20(21-9-3-1-5-14(21)12-22-13-21)24-15-7-8-16-18(11-15)26-19(25-16)17-6-2-4-10-23-17;/h2,4,6-8,10-11,14,22H,1,3,5,9,12-13H2,(H,24,27)(H,25,26);1H/t14-,21+;/m0./s1. The van der Waals surface area contributed by atoms with Gasteiger partial charge in [-0.2, -0.15) is 0 Å². The molecule has 5 rings (SSSR count). The number of amides is 1. The van der Waals surface area contributed by atoms with Crippen LogP contribution in [0.4, 0.5) is 5.69 Å². The number of anilines is 1. The minimum Gasteiger partial charge on any atom is -0.337 e. The van der Waals surface area contributed by atoms with Crippen LogP contribution in [-0.2, 0) is 4.79 Å². The van der Waals surface area contributed by atoms with Gasteiger partial charge in [0, 0.05) is 18.4 Å². The van der Waals surface area contributed by atoms with Gasteiger partial charge < -0.3 is 15.6 Å². The molecule has 2 aliphatic rings. The summed E-state index contributed by atoms with van der Waals surface area (Å²) in [4.78, 5) is 25.4. The molecule has 2 aromatic heterocycles. The lowest BCUT2D eigenvalue weighted by Gasteiger charge is -2.37. The molecule has 6 nitrogen and oxygen atoms in total. The van der Waals surface area contributed by atoms with Crippen molar-refractivity contribution in [1.82, 2.24) is 20.3 Å². The number of pyridine rings is 1. The summed E-state index contributed by atoms with van der Waals surface area (Å²) in [5.41, 5.74) is 3.13.